The van der Waals surface area contributed by atoms with Crippen molar-refractivity contribution in [2.75, 3.05) is 14.1 Å². The third kappa shape index (κ3) is 19.2. The first-order valence-corrected chi connectivity index (χ1v) is 23.4. The summed E-state index contributed by atoms with van der Waals surface area (Å²) in [5.41, 5.74) is 0. The number of fused-ring (bicyclic) bond motifs is 2. The van der Waals surface area contributed by atoms with Crippen molar-refractivity contribution in [3.63, 3.8) is 0 Å². The molecule has 0 aromatic rings. The van der Waals surface area contributed by atoms with Crippen LogP contribution in [0.1, 0.15) is 86.0 Å². The molecule has 0 aromatic carbocycles. The number of rotatable bonds is 4. The van der Waals surface area contributed by atoms with Crippen molar-refractivity contribution in [2.45, 2.75) is 183 Å². The molecule has 17 heteroatoms. The molecule has 3 aliphatic rings. The van der Waals surface area contributed by atoms with Gasteiger partial charge in [-0.25, -0.2) is 0 Å². The molecule has 67 heavy (non-hydrogen) atoms. The Morgan fingerprint density at radius 2 is 1.22 bits per heavy atom. The number of carbonyl (C=O) groups excluding carboxylic acids is 2. The summed E-state index contributed by atoms with van der Waals surface area (Å²) >= 11 is 0. The van der Waals surface area contributed by atoms with Crippen LogP contribution in [-0.2, 0) is 28.5 Å². The maximum Gasteiger partial charge on any atom is 0.308 e. The Balaban J connectivity index is 1.89. The fraction of sp³-hybridized carbons (Fsp3) is 0.680. The summed E-state index contributed by atoms with van der Waals surface area (Å²) in [5, 5.41) is 110. The molecule has 2 bridgehead atoms. The highest BCUT2D eigenvalue weighted by Crippen LogP contribution is 2.38. The molecule has 3 heterocycles. The fourth-order valence-electron chi connectivity index (χ4n) is 8.73. The third-order valence-electron chi connectivity index (χ3n) is 12.7. The SMILES string of the molecule is CC(=O)C1C2C[C@@H](OC3O[C@H](C)[C@@H](O)[C@H](N(C)C)[C@@H]3O)C=CC=CC=CC=CC=CC=CC=C[C@H](C)[C@@H](O)[C@@H](C)[C@H](C)OC(=O)C[C@H](O)C[C@H](O)CC[C@@H](O)[C@H](O)C[C@H](O)C[C@](O)(C[C@@H]1O)O2. The summed E-state index contributed by atoms with van der Waals surface area (Å²) in [6.45, 7) is 8.17. The number of cyclic esters (lactones) is 1. The summed E-state index contributed by atoms with van der Waals surface area (Å²) in [4.78, 5) is 27.3. The third-order valence-corrected chi connectivity index (χ3v) is 12.7. The summed E-state index contributed by atoms with van der Waals surface area (Å²) < 4.78 is 23.8. The number of allylic oxidation sites excluding steroid dienone is 12. The van der Waals surface area contributed by atoms with E-state index in [1.807, 2.05) is 55.5 Å². The molecule has 0 radical (unpaired) electrons. The Bertz CT molecular complexity index is 1710. The summed E-state index contributed by atoms with van der Waals surface area (Å²) in [6.07, 6.45) is 6.17. The normalized spacial score (nSPS) is 41.3. The van der Waals surface area contributed by atoms with Crippen LogP contribution in [0.25, 0.3) is 0 Å². The van der Waals surface area contributed by atoms with Gasteiger partial charge in [0.15, 0.2) is 12.1 Å². The van der Waals surface area contributed by atoms with E-state index in [-0.39, 0.29) is 31.6 Å². The zero-order valence-electron chi connectivity index (χ0n) is 40.0. The first kappa shape index (κ1) is 58.1. The van der Waals surface area contributed by atoms with Gasteiger partial charge in [-0.1, -0.05) is 98.9 Å². The number of aliphatic hydroxyl groups is 10. The molecule has 380 valence electrons. The highest BCUT2D eigenvalue weighted by atomic mass is 16.7. The van der Waals surface area contributed by atoms with Gasteiger partial charge in [-0.3, -0.25) is 9.59 Å². The Morgan fingerprint density at radius 1 is 0.657 bits per heavy atom. The standard InChI is InChI=1S/C50H79NO16/c1-30-20-18-16-14-12-10-8-9-11-13-15-17-19-21-38(66-49-48(62)45(51(6)7)47(61)34(5)65-49)27-42-44(32(3)52)41(58)29-50(63,67-42)28-37(55)25-40(57)39(56)23-22-35(53)24-36(54)26-43(59)64-33(4)31(2)46(30)60/h8-21,30-31,33-42,44-49,53-58,60-63H,22-29H2,1-7H3/t30-,31-,33-,34+,35+,36+,37-,38-,39+,40+,41-,42?,44?,45-,46+,47+,48-,49?,50+/m0/s1. The largest absolute Gasteiger partial charge is 0.462 e. The number of hydrogen-bond donors (Lipinski definition) is 10. The minimum Gasteiger partial charge on any atom is -0.462 e. The van der Waals surface area contributed by atoms with E-state index in [2.05, 4.69) is 0 Å². The number of ketones is 1. The van der Waals surface area contributed by atoms with Crippen LogP contribution < -0.4 is 0 Å². The van der Waals surface area contributed by atoms with Gasteiger partial charge in [-0.15, -0.1) is 0 Å². The average Bonchev–Trinajstić information content (AvgIpc) is 3.22. The molecule has 2 saturated heterocycles. The molecule has 3 aliphatic heterocycles. The maximum atomic E-state index is 13.0. The zero-order chi connectivity index (χ0) is 50.0. The number of carbonyl (C=O) groups is 2. The fourth-order valence-corrected chi connectivity index (χ4v) is 8.73. The van der Waals surface area contributed by atoms with E-state index in [9.17, 15) is 60.7 Å². The molecule has 0 aliphatic carbocycles. The lowest BCUT2D eigenvalue weighted by Crippen LogP contribution is -2.62. The second-order valence-electron chi connectivity index (χ2n) is 18.7. The van der Waals surface area contributed by atoms with Crippen molar-refractivity contribution in [1.82, 2.24) is 4.90 Å². The average molecular weight is 950 g/mol. The monoisotopic (exact) mass is 950 g/mol. The highest BCUT2D eigenvalue weighted by molar-refractivity contribution is 5.79. The molecule has 3 rings (SSSR count). The van der Waals surface area contributed by atoms with Crippen molar-refractivity contribution in [3.05, 3.63) is 85.1 Å². The molecule has 17 nitrogen and oxygen atoms in total. The van der Waals surface area contributed by atoms with Crippen LogP contribution >= 0.6 is 0 Å². The van der Waals surface area contributed by atoms with Crippen molar-refractivity contribution in [1.29, 1.82) is 0 Å². The lowest BCUT2D eigenvalue weighted by Gasteiger charge is -2.46. The predicted molar refractivity (Wildman–Crippen MR) is 250 cm³/mol. The number of aliphatic hydroxyl groups excluding tert-OH is 9. The van der Waals surface area contributed by atoms with E-state index >= 15 is 0 Å². The molecule has 0 spiro atoms. The topological polar surface area (TPSA) is 277 Å². The minimum atomic E-state index is -2.21. The smallest absolute Gasteiger partial charge is 0.308 e. The Morgan fingerprint density at radius 3 is 1.79 bits per heavy atom. The van der Waals surface area contributed by atoms with Crippen LogP contribution in [0.15, 0.2) is 85.1 Å². The lowest BCUT2D eigenvalue weighted by atomic mass is 9.81. The van der Waals surface area contributed by atoms with E-state index in [4.69, 9.17) is 18.9 Å². The van der Waals surface area contributed by atoms with Gasteiger partial charge < -0.3 is 74.9 Å². The number of esters is 1. The Labute approximate surface area is 395 Å². The number of likely N-dealkylation sites (N-methyl/N-ethyl adjacent to an activating group) is 1. The van der Waals surface area contributed by atoms with Gasteiger partial charge in [-0.05, 0) is 54.1 Å². The van der Waals surface area contributed by atoms with E-state index in [1.54, 1.807) is 76.2 Å². The van der Waals surface area contributed by atoms with Gasteiger partial charge in [0.25, 0.3) is 0 Å². The van der Waals surface area contributed by atoms with Crippen molar-refractivity contribution < 1.29 is 79.6 Å². The Kier molecular flexibility index (Phi) is 24.6. The number of hydrogen-bond acceptors (Lipinski definition) is 17. The van der Waals surface area contributed by atoms with Crippen LogP contribution in [0.3, 0.4) is 0 Å². The van der Waals surface area contributed by atoms with Gasteiger partial charge >= 0.3 is 5.97 Å². The molecular weight excluding hydrogens is 871 g/mol. The van der Waals surface area contributed by atoms with Gasteiger partial charge in [0.05, 0.1) is 85.5 Å². The summed E-state index contributed by atoms with van der Waals surface area (Å²) in [6, 6.07) is -0.756. The van der Waals surface area contributed by atoms with E-state index in [0.717, 1.165) is 0 Å². The zero-order valence-corrected chi connectivity index (χ0v) is 40.0. The predicted octanol–water partition coefficient (Wildman–Crippen LogP) is 1.82. The number of nitrogens with zero attached hydrogens (tertiary/aromatic N) is 1. The van der Waals surface area contributed by atoms with Crippen LogP contribution in [0.5, 0.6) is 0 Å². The molecule has 0 saturated carbocycles. The molecule has 19 atom stereocenters. The van der Waals surface area contributed by atoms with Gasteiger partial charge in [0, 0.05) is 37.5 Å². The summed E-state index contributed by atoms with van der Waals surface area (Å²) in [5.74, 6) is -5.20. The van der Waals surface area contributed by atoms with Crippen molar-refractivity contribution in [3.8, 4) is 0 Å². The molecule has 0 aromatic heterocycles. The molecular formula is C50H79NO16. The van der Waals surface area contributed by atoms with Gasteiger partial charge in [0.2, 0.25) is 0 Å². The van der Waals surface area contributed by atoms with Crippen LogP contribution in [0.4, 0.5) is 0 Å². The van der Waals surface area contributed by atoms with Crippen LogP contribution in [-0.4, -0.2) is 179 Å². The number of ether oxygens (including phenoxy) is 4. The molecule has 2 fully saturated rings. The Hall–Kier alpha value is -3.24. The summed E-state index contributed by atoms with van der Waals surface area (Å²) in [7, 11) is 3.40. The van der Waals surface area contributed by atoms with Gasteiger partial charge in [-0.2, -0.15) is 0 Å². The number of Topliss-reactive ketones (excluding diaryl/α,β-unsaturated/α-hetero) is 1. The quantitative estimate of drug-likeness (QED) is 0.180. The first-order valence-electron chi connectivity index (χ1n) is 23.4. The van der Waals surface area contributed by atoms with E-state index < -0.39 is 147 Å². The maximum absolute atomic E-state index is 13.0. The molecule has 0 amide bonds. The highest BCUT2D eigenvalue weighted by Gasteiger charge is 2.50. The van der Waals surface area contributed by atoms with Crippen molar-refractivity contribution in [2.24, 2.45) is 17.8 Å². The molecule has 10 N–H and O–H groups in total. The first-order chi connectivity index (χ1) is 31.5. The lowest BCUT2D eigenvalue weighted by molar-refractivity contribution is -0.310. The van der Waals surface area contributed by atoms with Crippen LogP contribution in [0.2, 0.25) is 0 Å². The van der Waals surface area contributed by atoms with E-state index in [0.29, 0.717) is 0 Å². The van der Waals surface area contributed by atoms with Gasteiger partial charge in [0.1, 0.15) is 18.0 Å². The second kappa shape index (κ2) is 28.4. The van der Waals surface area contributed by atoms with Crippen LogP contribution in [0, 0.1) is 17.8 Å². The minimum absolute atomic E-state index is 0.0796. The van der Waals surface area contributed by atoms with Crippen molar-refractivity contribution >= 4 is 11.8 Å². The van der Waals surface area contributed by atoms with E-state index in [1.165, 1.54) is 6.92 Å². The molecule has 3 unspecified atom stereocenters. The second-order valence-corrected chi connectivity index (χ2v) is 18.7.